The molecule has 3 rings (SSSR count). The van der Waals surface area contributed by atoms with Crippen molar-refractivity contribution in [2.24, 2.45) is 0 Å². The maximum atomic E-state index is 13.3. The van der Waals surface area contributed by atoms with Gasteiger partial charge in [-0.25, -0.2) is 0 Å². The van der Waals surface area contributed by atoms with E-state index in [1.165, 1.54) is 4.90 Å². The summed E-state index contributed by atoms with van der Waals surface area (Å²) in [5.41, 5.74) is 3.17. The van der Waals surface area contributed by atoms with Crippen molar-refractivity contribution in [1.29, 1.82) is 0 Å². The molecule has 0 aliphatic carbocycles. The number of likely N-dealkylation sites (tertiary alicyclic amines) is 1. The van der Waals surface area contributed by atoms with Crippen LogP contribution < -0.4 is 4.74 Å². The second-order valence-corrected chi connectivity index (χ2v) is 10.0. The number of methoxy groups -OCH3 is 1. The van der Waals surface area contributed by atoms with Crippen LogP contribution in [0.5, 0.6) is 5.75 Å². The first-order chi connectivity index (χ1) is 16.6. The Balaban J connectivity index is 2.14. The lowest BCUT2D eigenvalue weighted by Crippen LogP contribution is -2.31. The third kappa shape index (κ3) is 5.76. The second kappa shape index (κ2) is 11.1. The van der Waals surface area contributed by atoms with Crippen molar-refractivity contribution in [3.63, 3.8) is 0 Å². The molecular weight excluding hydrogens is 442 g/mol. The van der Waals surface area contributed by atoms with Gasteiger partial charge in [0.2, 0.25) is 0 Å². The van der Waals surface area contributed by atoms with E-state index in [0.29, 0.717) is 31.7 Å². The van der Waals surface area contributed by atoms with E-state index in [1.54, 1.807) is 7.11 Å². The zero-order valence-electron chi connectivity index (χ0n) is 21.7. The molecule has 1 heterocycles. The van der Waals surface area contributed by atoms with E-state index in [0.717, 1.165) is 28.9 Å². The Morgan fingerprint density at radius 3 is 2.34 bits per heavy atom. The Bertz CT molecular complexity index is 1100. The first-order valence-electron chi connectivity index (χ1n) is 12.2. The van der Waals surface area contributed by atoms with Crippen molar-refractivity contribution < 1.29 is 24.2 Å². The van der Waals surface area contributed by atoms with Gasteiger partial charge in [0, 0.05) is 25.8 Å². The number of nitrogens with zero attached hydrogens (tertiary/aromatic N) is 1. The number of benzene rings is 2. The number of ether oxygens (including phenoxy) is 2. The maximum Gasteiger partial charge on any atom is 0.295 e. The molecule has 1 atom stereocenters. The van der Waals surface area contributed by atoms with Gasteiger partial charge in [-0.05, 0) is 60.1 Å². The van der Waals surface area contributed by atoms with Crippen molar-refractivity contribution in [1.82, 2.24) is 4.90 Å². The summed E-state index contributed by atoms with van der Waals surface area (Å²) < 4.78 is 10.9. The summed E-state index contributed by atoms with van der Waals surface area (Å²) in [5, 5.41) is 11.5. The van der Waals surface area contributed by atoms with E-state index < -0.39 is 17.7 Å². The van der Waals surface area contributed by atoms with Crippen LogP contribution in [-0.2, 0) is 19.7 Å². The van der Waals surface area contributed by atoms with E-state index in [1.807, 2.05) is 56.3 Å². The minimum absolute atomic E-state index is 0.115. The zero-order valence-corrected chi connectivity index (χ0v) is 21.7. The van der Waals surface area contributed by atoms with Crippen LogP contribution in [0, 0.1) is 6.92 Å². The molecule has 2 aromatic carbocycles. The van der Waals surface area contributed by atoms with Crippen LogP contribution in [-0.4, -0.2) is 48.6 Å². The van der Waals surface area contributed by atoms with E-state index in [9.17, 15) is 14.7 Å². The molecule has 0 spiro atoms. The number of carbonyl (C=O) groups is 2. The average Bonchev–Trinajstić information content (AvgIpc) is 3.07. The number of carbonyl (C=O) groups excluding carboxylic acids is 2. The quantitative estimate of drug-likeness (QED) is 0.221. The Kier molecular flexibility index (Phi) is 8.39. The fourth-order valence-electron chi connectivity index (χ4n) is 4.29. The monoisotopic (exact) mass is 479 g/mol. The van der Waals surface area contributed by atoms with E-state index >= 15 is 0 Å². The van der Waals surface area contributed by atoms with Gasteiger partial charge < -0.3 is 19.5 Å². The highest BCUT2D eigenvalue weighted by atomic mass is 16.5. The predicted octanol–water partition coefficient (Wildman–Crippen LogP) is 5.54. The second-order valence-electron chi connectivity index (χ2n) is 10.0. The van der Waals surface area contributed by atoms with Gasteiger partial charge in [0.15, 0.2) is 0 Å². The average molecular weight is 480 g/mol. The molecular formula is C29H37NO5. The largest absolute Gasteiger partial charge is 0.507 e. The van der Waals surface area contributed by atoms with Crippen LogP contribution in [0.1, 0.15) is 68.8 Å². The van der Waals surface area contributed by atoms with Crippen molar-refractivity contribution >= 4 is 17.4 Å². The van der Waals surface area contributed by atoms with Crippen LogP contribution >= 0.6 is 0 Å². The summed E-state index contributed by atoms with van der Waals surface area (Å²) in [7, 11) is 1.60. The Morgan fingerprint density at radius 1 is 1.06 bits per heavy atom. The van der Waals surface area contributed by atoms with Gasteiger partial charge in [-0.3, -0.25) is 9.59 Å². The minimum atomic E-state index is -0.690. The molecule has 1 amide bonds. The van der Waals surface area contributed by atoms with Crippen LogP contribution in [0.2, 0.25) is 0 Å². The zero-order chi connectivity index (χ0) is 25.8. The number of rotatable bonds is 9. The Morgan fingerprint density at radius 2 is 1.74 bits per heavy atom. The maximum absolute atomic E-state index is 13.3. The molecule has 0 aromatic heterocycles. The number of aryl methyl sites for hydroxylation is 1. The van der Waals surface area contributed by atoms with Gasteiger partial charge in [0.05, 0.1) is 18.2 Å². The number of hydrogen-bond acceptors (Lipinski definition) is 5. The van der Waals surface area contributed by atoms with E-state index in [4.69, 9.17) is 9.47 Å². The fraction of sp³-hybridized carbons (Fsp3) is 0.448. The van der Waals surface area contributed by atoms with Gasteiger partial charge in [-0.2, -0.15) is 0 Å². The highest BCUT2D eigenvalue weighted by molar-refractivity contribution is 6.46. The molecule has 1 unspecified atom stereocenters. The van der Waals surface area contributed by atoms with Gasteiger partial charge in [0.25, 0.3) is 11.7 Å². The topological polar surface area (TPSA) is 76.1 Å². The molecule has 188 valence electrons. The normalized spacial score (nSPS) is 17.8. The molecule has 1 N–H and O–H groups in total. The number of aliphatic hydroxyl groups excluding tert-OH is 1. The van der Waals surface area contributed by atoms with Gasteiger partial charge in [-0.15, -0.1) is 0 Å². The molecule has 0 radical (unpaired) electrons. The standard InChI is InChI=1S/C29H37NO5/c1-7-16-35-22-13-10-20(11-14-22)25-24(27(32)28(33)30(25)15-8-17-34-6)26(31)23-18-21(29(3,4)5)12-9-19(23)2/h9-14,18,25,31H,7-8,15-17H2,1-6H3/b26-24+. The first kappa shape index (κ1) is 26.5. The van der Waals surface area contributed by atoms with Crippen LogP contribution in [0.4, 0.5) is 0 Å². The van der Waals surface area contributed by atoms with E-state index in [2.05, 4.69) is 20.8 Å². The van der Waals surface area contributed by atoms with Gasteiger partial charge in [-0.1, -0.05) is 52.0 Å². The van der Waals surface area contributed by atoms with Gasteiger partial charge >= 0.3 is 0 Å². The molecule has 0 saturated carbocycles. The molecule has 6 nitrogen and oxygen atoms in total. The predicted molar refractivity (Wildman–Crippen MR) is 138 cm³/mol. The number of hydrogen-bond donors (Lipinski definition) is 1. The molecule has 1 fully saturated rings. The summed E-state index contributed by atoms with van der Waals surface area (Å²) >= 11 is 0. The summed E-state index contributed by atoms with van der Waals surface area (Å²) in [6.45, 7) is 11.6. The molecule has 0 bridgehead atoms. The molecule has 1 aliphatic heterocycles. The lowest BCUT2D eigenvalue weighted by atomic mass is 9.84. The SMILES string of the molecule is CCCOc1ccc(C2/C(=C(\O)c3cc(C(C)(C)C)ccc3C)C(=O)C(=O)N2CCCOC)cc1. The number of ketones is 1. The van der Waals surface area contributed by atoms with Crippen LogP contribution in [0.3, 0.4) is 0 Å². The smallest absolute Gasteiger partial charge is 0.295 e. The molecule has 1 aliphatic rings. The van der Waals surface area contributed by atoms with Crippen molar-refractivity contribution in [3.8, 4) is 5.75 Å². The molecule has 1 saturated heterocycles. The van der Waals surface area contributed by atoms with Crippen molar-refractivity contribution in [2.45, 2.75) is 58.9 Å². The summed E-state index contributed by atoms with van der Waals surface area (Å²) in [6.07, 6.45) is 1.48. The third-order valence-electron chi connectivity index (χ3n) is 6.31. The van der Waals surface area contributed by atoms with E-state index in [-0.39, 0.29) is 16.7 Å². The van der Waals surface area contributed by atoms with Crippen LogP contribution in [0.15, 0.2) is 48.0 Å². The first-order valence-corrected chi connectivity index (χ1v) is 12.2. The lowest BCUT2D eigenvalue weighted by Gasteiger charge is -2.26. The highest BCUT2D eigenvalue weighted by Crippen LogP contribution is 2.41. The van der Waals surface area contributed by atoms with Crippen molar-refractivity contribution in [2.75, 3.05) is 26.9 Å². The number of aliphatic hydroxyl groups is 1. The number of amides is 1. The molecule has 6 heteroatoms. The molecule has 35 heavy (non-hydrogen) atoms. The summed E-state index contributed by atoms with van der Waals surface area (Å²) in [5.74, 6) is -0.696. The summed E-state index contributed by atoms with van der Waals surface area (Å²) in [6, 6.07) is 12.6. The lowest BCUT2D eigenvalue weighted by molar-refractivity contribution is -0.140. The third-order valence-corrected chi connectivity index (χ3v) is 6.31. The summed E-state index contributed by atoms with van der Waals surface area (Å²) in [4.78, 5) is 27.9. The fourth-order valence-corrected chi connectivity index (χ4v) is 4.29. The highest BCUT2D eigenvalue weighted by Gasteiger charge is 2.46. The van der Waals surface area contributed by atoms with Crippen molar-refractivity contribution in [3.05, 3.63) is 70.3 Å². The van der Waals surface area contributed by atoms with Gasteiger partial charge in [0.1, 0.15) is 11.5 Å². The molecule has 2 aromatic rings. The Labute approximate surface area is 208 Å². The number of Topliss-reactive ketones (excluding diaryl/α,β-unsaturated/α-hetero) is 1. The van der Waals surface area contributed by atoms with Crippen LogP contribution in [0.25, 0.3) is 5.76 Å². The minimum Gasteiger partial charge on any atom is -0.507 e. The Hall–Kier alpha value is -3.12.